The summed E-state index contributed by atoms with van der Waals surface area (Å²) in [6, 6.07) is 8.31. The van der Waals surface area contributed by atoms with Gasteiger partial charge in [0, 0.05) is 5.56 Å². The molecular formula is C15H10F4N2. The van der Waals surface area contributed by atoms with Gasteiger partial charge in [-0.15, -0.1) is 0 Å². The van der Waals surface area contributed by atoms with Gasteiger partial charge in [-0.2, -0.15) is 13.2 Å². The highest BCUT2D eigenvalue weighted by atomic mass is 19.4. The van der Waals surface area contributed by atoms with Crippen molar-refractivity contribution in [1.82, 2.24) is 9.97 Å². The first-order valence-electron chi connectivity index (χ1n) is 6.18. The first-order valence-corrected chi connectivity index (χ1v) is 6.18. The van der Waals surface area contributed by atoms with E-state index < -0.39 is 17.6 Å². The first-order chi connectivity index (χ1) is 9.84. The van der Waals surface area contributed by atoms with Crippen LogP contribution in [0.5, 0.6) is 0 Å². The molecule has 108 valence electrons. The number of aryl methyl sites for hydroxylation is 1. The number of aromatic nitrogens is 2. The van der Waals surface area contributed by atoms with E-state index >= 15 is 0 Å². The zero-order valence-electron chi connectivity index (χ0n) is 10.9. The maximum atomic E-state index is 13.6. The third-order valence-corrected chi connectivity index (χ3v) is 3.19. The van der Waals surface area contributed by atoms with Gasteiger partial charge in [0.05, 0.1) is 16.6 Å². The van der Waals surface area contributed by atoms with E-state index in [9.17, 15) is 17.6 Å². The molecule has 0 atom stereocenters. The number of imidazole rings is 1. The topological polar surface area (TPSA) is 28.7 Å². The molecule has 0 fully saturated rings. The Morgan fingerprint density at radius 2 is 1.81 bits per heavy atom. The third kappa shape index (κ3) is 2.49. The van der Waals surface area contributed by atoms with Crippen LogP contribution in [0, 0.1) is 12.7 Å². The summed E-state index contributed by atoms with van der Waals surface area (Å²) in [5, 5.41) is 0. The molecule has 0 radical (unpaired) electrons. The summed E-state index contributed by atoms with van der Waals surface area (Å²) in [6.07, 6.45) is -4.70. The van der Waals surface area contributed by atoms with Crippen LogP contribution in [0.4, 0.5) is 17.6 Å². The summed E-state index contributed by atoms with van der Waals surface area (Å²) in [6.45, 7) is 1.91. The van der Waals surface area contributed by atoms with Crippen LogP contribution in [0.1, 0.15) is 11.1 Å². The number of hydrogen-bond donors (Lipinski definition) is 1. The molecule has 0 unspecified atom stereocenters. The molecule has 3 rings (SSSR count). The van der Waals surface area contributed by atoms with Crippen molar-refractivity contribution in [1.29, 1.82) is 0 Å². The number of fused-ring (bicyclic) bond motifs is 1. The molecule has 0 saturated carbocycles. The molecule has 0 amide bonds. The Morgan fingerprint density at radius 3 is 2.48 bits per heavy atom. The number of rotatable bonds is 1. The van der Waals surface area contributed by atoms with Crippen molar-refractivity contribution in [3.63, 3.8) is 0 Å². The molecule has 3 aromatic rings. The lowest BCUT2D eigenvalue weighted by atomic mass is 10.1. The SMILES string of the molecule is Cc1ccc2nc(-c3ccc(C(F)(F)F)c(F)c3)[nH]c2c1. The van der Waals surface area contributed by atoms with Crippen molar-refractivity contribution in [3.8, 4) is 11.4 Å². The Morgan fingerprint density at radius 1 is 1.05 bits per heavy atom. The number of benzene rings is 2. The highest BCUT2D eigenvalue weighted by molar-refractivity contribution is 5.80. The van der Waals surface area contributed by atoms with Crippen molar-refractivity contribution in [2.24, 2.45) is 0 Å². The van der Waals surface area contributed by atoms with Gasteiger partial charge in [0.2, 0.25) is 0 Å². The van der Waals surface area contributed by atoms with Crippen LogP contribution in [0.3, 0.4) is 0 Å². The number of nitrogens with zero attached hydrogens (tertiary/aromatic N) is 1. The van der Waals surface area contributed by atoms with Gasteiger partial charge in [0.1, 0.15) is 11.6 Å². The molecule has 0 saturated heterocycles. The lowest BCUT2D eigenvalue weighted by Gasteiger charge is -2.08. The molecule has 1 aromatic heterocycles. The number of alkyl halides is 3. The summed E-state index contributed by atoms with van der Waals surface area (Å²) in [4.78, 5) is 7.23. The van der Waals surface area contributed by atoms with Gasteiger partial charge >= 0.3 is 6.18 Å². The molecule has 0 aliphatic heterocycles. The van der Waals surface area contributed by atoms with Crippen LogP contribution in [-0.2, 0) is 6.18 Å². The van der Waals surface area contributed by atoms with Crippen LogP contribution < -0.4 is 0 Å². The Kier molecular flexibility index (Phi) is 2.97. The monoisotopic (exact) mass is 294 g/mol. The minimum Gasteiger partial charge on any atom is -0.338 e. The standard InChI is InChI=1S/C15H10F4N2/c1-8-2-5-12-13(6-8)21-14(20-12)9-3-4-10(11(16)7-9)15(17,18)19/h2-7H,1H3,(H,20,21). The van der Waals surface area contributed by atoms with E-state index in [-0.39, 0.29) is 5.56 Å². The molecule has 0 aliphatic rings. The minimum absolute atomic E-state index is 0.273. The highest BCUT2D eigenvalue weighted by Gasteiger charge is 2.34. The fourth-order valence-electron chi connectivity index (χ4n) is 2.15. The van der Waals surface area contributed by atoms with Crippen LogP contribution in [0.25, 0.3) is 22.4 Å². The molecular weight excluding hydrogens is 284 g/mol. The van der Waals surface area contributed by atoms with Gasteiger partial charge in [-0.25, -0.2) is 9.37 Å². The summed E-state index contributed by atoms with van der Waals surface area (Å²) in [5.74, 6) is -0.972. The average molecular weight is 294 g/mol. The zero-order chi connectivity index (χ0) is 15.2. The van der Waals surface area contributed by atoms with E-state index in [1.807, 2.05) is 19.1 Å². The van der Waals surface area contributed by atoms with Gasteiger partial charge in [0.25, 0.3) is 0 Å². The Bertz CT molecular complexity index is 818. The van der Waals surface area contributed by atoms with E-state index in [0.717, 1.165) is 23.2 Å². The van der Waals surface area contributed by atoms with Crippen molar-refractivity contribution < 1.29 is 17.6 Å². The fourth-order valence-corrected chi connectivity index (χ4v) is 2.15. The van der Waals surface area contributed by atoms with E-state index in [4.69, 9.17) is 0 Å². The Labute approximate surface area is 117 Å². The fraction of sp³-hybridized carbons (Fsp3) is 0.133. The third-order valence-electron chi connectivity index (χ3n) is 3.19. The smallest absolute Gasteiger partial charge is 0.338 e. The van der Waals surface area contributed by atoms with E-state index in [1.54, 1.807) is 6.07 Å². The summed E-state index contributed by atoms with van der Waals surface area (Å²) in [5.41, 5.74) is 1.45. The van der Waals surface area contributed by atoms with Crippen LogP contribution >= 0.6 is 0 Å². The molecule has 2 nitrogen and oxygen atoms in total. The van der Waals surface area contributed by atoms with E-state index in [2.05, 4.69) is 9.97 Å². The molecule has 1 heterocycles. The van der Waals surface area contributed by atoms with Gasteiger partial charge < -0.3 is 4.98 Å². The summed E-state index contributed by atoms with van der Waals surface area (Å²) in [7, 11) is 0. The van der Waals surface area contributed by atoms with Crippen LogP contribution in [-0.4, -0.2) is 9.97 Å². The molecule has 0 aliphatic carbocycles. The van der Waals surface area contributed by atoms with Gasteiger partial charge in [-0.1, -0.05) is 12.1 Å². The van der Waals surface area contributed by atoms with E-state index in [0.29, 0.717) is 11.3 Å². The molecule has 2 aromatic carbocycles. The predicted octanol–water partition coefficient (Wildman–Crippen LogP) is 4.70. The molecule has 0 bridgehead atoms. The maximum Gasteiger partial charge on any atom is 0.419 e. The van der Waals surface area contributed by atoms with Crippen LogP contribution in [0.2, 0.25) is 0 Å². The number of aromatic amines is 1. The van der Waals surface area contributed by atoms with Crippen molar-refractivity contribution in [2.45, 2.75) is 13.1 Å². The second-order valence-corrected chi connectivity index (χ2v) is 4.80. The number of halogens is 4. The lowest BCUT2D eigenvalue weighted by molar-refractivity contribution is -0.139. The molecule has 1 N–H and O–H groups in total. The molecule has 21 heavy (non-hydrogen) atoms. The number of H-pyrrole nitrogens is 1. The Hall–Kier alpha value is -2.37. The second-order valence-electron chi connectivity index (χ2n) is 4.80. The van der Waals surface area contributed by atoms with Crippen molar-refractivity contribution >= 4 is 11.0 Å². The molecule has 0 spiro atoms. The van der Waals surface area contributed by atoms with Crippen molar-refractivity contribution in [3.05, 3.63) is 53.3 Å². The highest BCUT2D eigenvalue weighted by Crippen LogP contribution is 2.33. The normalized spacial score (nSPS) is 12.0. The molecule has 6 heteroatoms. The Balaban J connectivity index is 2.08. The largest absolute Gasteiger partial charge is 0.419 e. The van der Waals surface area contributed by atoms with Crippen molar-refractivity contribution in [2.75, 3.05) is 0 Å². The summed E-state index contributed by atoms with van der Waals surface area (Å²) < 4.78 is 51.2. The van der Waals surface area contributed by atoms with Gasteiger partial charge in [-0.05, 0) is 36.8 Å². The minimum atomic E-state index is -4.70. The first kappa shape index (κ1) is 13.6. The number of hydrogen-bond acceptors (Lipinski definition) is 1. The van der Waals surface area contributed by atoms with Gasteiger partial charge in [-0.3, -0.25) is 0 Å². The van der Waals surface area contributed by atoms with Gasteiger partial charge in [0.15, 0.2) is 0 Å². The predicted molar refractivity (Wildman–Crippen MR) is 71.2 cm³/mol. The average Bonchev–Trinajstić information content (AvgIpc) is 2.80. The summed E-state index contributed by atoms with van der Waals surface area (Å²) >= 11 is 0. The quantitative estimate of drug-likeness (QED) is 0.648. The van der Waals surface area contributed by atoms with E-state index in [1.165, 1.54) is 6.07 Å². The maximum absolute atomic E-state index is 13.6. The van der Waals surface area contributed by atoms with Crippen LogP contribution in [0.15, 0.2) is 36.4 Å². The number of nitrogens with one attached hydrogen (secondary N) is 1. The second kappa shape index (κ2) is 4.58. The zero-order valence-corrected chi connectivity index (χ0v) is 10.9. The lowest BCUT2D eigenvalue weighted by Crippen LogP contribution is -2.07.